The number of amides is 1. The smallest absolute Gasteiger partial charge is 0.248 e. The molecule has 0 unspecified atom stereocenters. The third-order valence-corrected chi connectivity index (χ3v) is 5.10. The highest BCUT2D eigenvalue weighted by atomic mass is 79.9. The number of nitrogens with one attached hydrogen (secondary N) is 1. The molecule has 1 aromatic rings. The Morgan fingerprint density at radius 1 is 1.29 bits per heavy atom. The Kier molecular flexibility index (Phi) is 4.50. The molecule has 114 valence electrons. The van der Waals surface area contributed by atoms with Crippen LogP contribution in [0.5, 0.6) is 0 Å². The van der Waals surface area contributed by atoms with E-state index in [-0.39, 0.29) is 5.91 Å². The van der Waals surface area contributed by atoms with Crippen molar-refractivity contribution in [1.82, 2.24) is 5.32 Å². The second-order valence-corrected chi connectivity index (χ2v) is 7.00. The summed E-state index contributed by atoms with van der Waals surface area (Å²) in [5.41, 5.74) is 7.01. The van der Waals surface area contributed by atoms with Gasteiger partial charge in [0.15, 0.2) is 0 Å². The molecule has 1 saturated carbocycles. The lowest BCUT2D eigenvalue weighted by Gasteiger charge is -2.34. The molecule has 0 atom stereocenters. The normalized spacial score (nSPS) is 19.8. The van der Waals surface area contributed by atoms with Gasteiger partial charge in [-0.3, -0.25) is 4.79 Å². The number of halogens is 1. The zero-order valence-corrected chi connectivity index (χ0v) is 13.7. The van der Waals surface area contributed by atoms with E-state index >= 15 is 0 Å². The van der Waals surface area contributed by atoms with Gasteiger partial charge in [-0.1, -0.05) is 0 Å². The first kappa shape index (κ1) is 14.9. The molecule has 2 fully saturated rings. The van der Waals surface area contributed by atoms with Crippen molar-refractivity contribution in [2.75, 3.05) is 24.5 Å². The molecule has 1 aromatic carbocycles. The van der Waals surface area contributed by atoms with Crippen LogP contribution in [0.4, 0.5) is 5.69 Å². The summed E-state index contributed by atoms with van der Waals surface area (Å²) in [5.74, 6) is 0.559. The van der Waals surface area contributed by atoms with Crippen molar-refractivity contribution in [3.63, 3.8) is 0 Å². The Morgan fingerprint density at radius 2 is 2.00 bits per heavy atom. The average Bonchev–Trinajstić information content (AvgIpc) is 3.30. The zero-order chi connectivity index (χ0) is 14.8. The molecule has 0 radical (unpaired) electrons. The van der Waals surface area contributed by atoms with Gasteiger partial charge in [0.1, 0.15) is 0 Å². The Labute approximate surface area is 134 Å². The molecule has 4 nitrogen and oxygen atoms in total. The highest BCUT2D eigenvalue weighted by Crippen LogP contribution is 2.30. The first-order chi connectivity index (χ1) is 10.1. The van der Waals surface area contributed by atoms with Gasteiger partial charge in [-0.2, -0.15) is 0 Å². The summed E-state index contributed by atoms with van der Waals surface area (Å²) in [6.07, 6.45) is 5.17. The molecule has 2 aliphatic rings. The molecule has 1 saturated heterocycles. The van der Waals surface area contributed by atoms with Crippen LogP contribution in [-0.2, 0) is 0 Å². The van der Waals surface area contributed by atoms with E-state index in [1.165, 1.54) is 32.2 Å². The summed E-state index contributed by atoms with van der Waals surface area (Å²) in [6.45, 7) is 3.30. The topological polar surface area (TPSA) is 58.4 Å². The van der Waals surface area contributed by atoms with E-state index in [0.29, 0.717) is 11.6 Å². The van der Waals surface area contributed by atoms with Crippen LogP contribution in [0, 0.1) is 5.92 Å². The third kappa shape index (κ3) is 3.77. The van der Waals surface area contributed by atoms with E-state index in [0.717, 1.165) is 29.2 Å². The molecule has 1 aliphatic heterocycles. The lowest BCUT2D eigenvalue weighted by Crippen LogP contribution is -2.43. The summed E-state index contributed by atoms with van der Waals surface area (Å²) in [6, 6.07) is 6.27. The Morgan fingerprint density at radius 3 is 2.57 bits per heavy atom. The minimum atomic E-state index is -0.384. The van der Waals surface area contributed by atoms with E-state index in [1.54, 1.807) is 6.07 Å². The van der Waals surface area contributed by atoms with Gasteiger partial charge in [-0.15, -0.1) is 0 Å². The minimum absolute atomic E-state index is 0.384. The van der Waals surface area contributed by atoms with Crippen molar-refractivity contribution in [3.05, 3.63) is 28.2 Å². The fraction of sp³-hybridized carbons (Fsp3) is 0.562. The number of primary amides is 1. The van der Waals surface area contributed by atoms with Crippen LogP contribution in [0.3, 0.4) is 0 Å². The van der Waals surface area contributed by atoms with Gasteiger partial charge in [0, 0.05) is 29.2 Å². The Hall–Kier alpha value is -1.07. The quantitative estimate of drug-likeness (QED) is 0.856. The van der Waals surface area contributed by atoms with Gasteiger partial charge in [0.25, 0.3) is 0 Å². The second kappa shape index (κ2) is 6.36. The molecule has 0 aromatic heterocycles. The number of nitrogens with two attached hydrogens (primary N) is 1. The molecule has 0 bridgehead atoms. The van der Waals surface area contributed by atoms with E-state index in [9.17, 15) is 4.79 Å². The molecule has 3 N–H and O–H groups in total. The van der Waals surface area contributed by atoms with Crippen LogP contribution in [-0.4, -0.2) is 31.6 Å². The van der Waals surface area contributed by atoms with Gasteiger partial charge in [-0.25, -0.2) is 0 Å². The van der Waals surface area contributed by atoms with Crippen molar-refractivity contribution < 1.29 is 4.79 Å². The van der Waals surface area contributed by atoms with Gasteiger partial charge in [0.05, 0.1) is 5.69 Å². The molecule has 3 rings (SSSR count). The summed E-state index contributed by atoms with van der Waals surface area (Å²) in [7, 11) is 0. The number of carbonyl (C=O) groups excluding carboxylic acids is 1. The van der Waals surface area contributed by atoms with Crippen molar-refractivity contribution >= 4 is 27.5 Å². The molecule has 21 heavy (non-hydrogen) atoms. The predicted octanol–water partition coefficient (Wildman–Crippen LogP) is 2.52. The number of hydrogen-bond acceptors (Lipinski definition) is 3. The van der Waals surface area contributed by atoms with Crippen LogP contribution in [0.25, 0.3) is 0 Å². The number of hydrogen-bond donors (Lipinski definition) is 2. The van der Waals surface area contributed by atoms with E-state index in [2.05, 4.69) is 26.1 Å². The fourth-order valence-corrected chi connectivity index (χ4v) is 3.53. The molecule has 5 heteroatoms. The average molecular weight is 352 g/mol. The molecule has 0 spiro atoms. The lowest BCUT2D eigenvalue weighted by molar-refractivity contribution is 0.100. The molecular weight excluding hydrogens is 330 g/mol. The first-order valence-electron chi connectivity index (χ1n) is 7.71. The van der Waals surface area contributed by atoms with Crippen LogP contribution < -0.4 is 16.0 Å². The third-order valence-electron chi connectivity index (χ3n) is 4.46. The Balaban J connectivity index is 1.57. The van der Waals surface area contributed by atoms with Crippen LogP contribution in [0.1, 0.15) is 36.0 Å². The molecular formula is C16H22BrN3O. The standard InChI is InChI=1S/C16H22BrN3O/c17-14-9-12(16(18)21)3-4-15(14)20-7-5-13(6-8-20)19-10-11-1-2-11/h3-4,9,11,13,19H,1-2,5-8,10H2,(H2,18,21). The van der Waals surface area contributed by atoms with Crippen LogP contribution >= 0.6 is 15.9 Å². The number of benzene rings is 1. The van der Waals surface area contributed by atoms with E-state index < -0.39 is 0 Å². The maximum absolute atomic E-state index is 11.2. The SMILES string of the molecule is NC(=O)c1ccc(N2CCC(NCC3CC3)CC2)c(Br)c1. The number of anilines is 1. The number of rotatable bonds is 5. The highest BCUT2D eigenvalue weighted by Gasteiger charge is 2.25. The summed E-state index contributed by atoms with van der Waals surface area (Å²) in [4.78, 5) is 13.6. The summed E-state index contributed by atoms with van der Waals surface area (Å²) < 4.78 is 0.947. The Bertz CT molecular complexity index is 522. The minimum Gasteiger partial charge on any atom is -0.371 e. The van der Waals surface area contributed by atoms with E-state index in [4.69, 9.17) is 5.73 Å². The zero-order valence-electron chi connectivity index (χ0n) is 12.1. The molecule has 1 heterocycles. The fourth-order valence-electron chi connectivity index (χ4n) is 2.90. The maximum Gasteiger partial charge on any atom is 0.248 e. The van der Waals surface area contributed by atoms with Crippen LogP contribution in [0.15, 0.2) is 22.7 Å². The lowest BCUT2D eigenvalue weighted by atomic mass is 10.0. The van der Waals surface area contributed by atoms with Crippen molar-refractivity contribution in [2.45, 2.75) is 31.7 Å². The maximum atomic E-state index is 11.2. The second-order valence-electron chi connectivity index (χ2n) is 6.14. The van der Waals surface area contributed by atoms with Crippen molar-refractivity contribution in [3.8, 4) is 0 Å². The highest BCUT2D eigenvalue weighted by molar-refractivity contribution is 9.10. The molecule has 1 aliphatic carbocycles. The van der Waals surface area contributed by atoms with Gasteiger partial charge >= 0.3 is 0 Å². The number of piperidine rings is 1. The van der Waals surface area contributed by atoms with Crippen LogP contribution in [0.2, 0.25) is 0 Å². The molecule has 1 amide bonds. The summed E-state index contributed by atoms with van der Waals surface area (Å²) in [5, 5.41) is 3.69. The van der Waals surface area contributed by atoms with Gasteiger partial charge < -0.3 is 16.0 Å². The monoisotopic (exact) mass is 351 g/mol. The largest absolute Gasteiger partial charge is 0.371 e. The number of nitrogens with zero attached hydrogens (tertiary/aromatic N) is 1. The van der Waals surface area contributed by atoms with E-state index in [1.807, 2.05) is 12.1 Å². The van der Waals surface area contributed by atoms with Crippen molar-refractivity contribution in [2.24, 2.45) is 11.7 Å². The summed E-state index contributed by atoms with van der Waals surface area (Å²) >= 11 is 3.56. The predicted molar refractivity (Wildman–Crippen MR) is 88.6 cm³/mol. The first-order valence-corrected chi connectivity index (χ1v) is 8.50. The van der Waals surface area contributed by atoms with Crippen molar-refractivity contribution in [1.29, 1.82) is 0 Å². The van der Waals surface area contributed by atoms with Gasteiger partial charge in [-0.05, 0) is 72.3 Å². The number of carbonyl (C=O) groups is 1. The van der Waals surface area contributed by atoms with Gasteiger partial charge in [0.2, 0.25) is 5.91 Å².